The van der Waals surface area contributed by atoms with Crippen molar-refractivity contribution in [2.24, 2.45) is 10.9 Å². The fraction of sp³-hybridized carbons (Fsp3) is 0.474. The highest BCUT2D eigenvalue weighted by Gasteiger charge is 2.24. The Morgan fingerprint density at radius 3 is 2.78 bits per heavy atom. The third-order valence-electron chi connectivity index (χ3n) is 4.09. The Morgan fingerprint density at radius 1 is 1.59 bits per heavy atom. The summed E-state index contributed by atoms with van der Waals surface area (Å²) < 4.78 is 14.6. The van der Waals surface area contributed by atoms with Gasteiger partial charge >= 0.3 is 0 Å². The molecule has 144 valence electrons. The number of thioether (sulfide) groups is 1. The molecule has 1 aliphatic heterocycles. The number of amidine groups is 1. The third kappa shape index (κ3) is 4.93. The van der Waals surface area contributed by atoms with Crippen LogP contribution in [0.25, 0.3) is 5.70 Å². The largest absolute Gasteiger partial charge is 0.396 e. The van der Waals surface area contributed by atoms with Crippen LogP contribution in [0.2, 0.25) is 0 Å². The number of aromatic nitrogens is 1. The van der Waals surface area contributed by atoms with Gasteiger partial charge in [-0.1, -0.05) is 32.5 Å². The first kappa shape index (κ1) is 21.1. The number of rotatable bonds is 4. The van der Waals surface area contributed by atoms with Gasteiger partial charge in [0, 0.05) is 49.0 Å². The molecule has 0 aromatic carbocycles. The predicted molar refractivity (Wildman–Crippen MR) is 105 cm³/mol. The molecule has 8 heteroatoms. The highest BCUT2D eigenvalue weighted by Crippen LogP contribution is 2.29. The number of nitrogens with zero attached hydrogens (tertiary/aromatic N) is 4. The first-order valence-electron chi connectivity index (χ1n) is 8.50. The van der Waals surface area contributed by atoms with Gasteiger partial charge in [-0.25, -0.2) is 9.38 Å². The molecule has 2 rings (SSSR count). The summed E-state index contributed by atoms with van der Waals surface area (Å²) in [7, 11) is 1.82. The van der Waals surface area contributed by atoms with Crippen molar-refractivity contribution in [2.45, 2.75) is 26.2 Å². The maximum absolute atomic E-state index is 14.6. The van der Waals surface area contributed by atoms with Crippen LogP contribution in [0.3, 0.4) is 0 Å². The van der Waals surface area contributed by atoms with Crippen molar-refractivity contribution in [3.05, 3.63) is 34.9 Å². The molecule has 1 aromatic rings. The molecule has 0 aliphatic carbocycles. The monoisotopic (exact) mass is 390 g/mol. The molecule has 27 heavy (non-hydrogen) atoms. The summed E-state index contributed by atoms with van der Waals surface area (Å²) in [6.07, 6.45) is 1.85. The summed E-state index contributed by atoms with van der Waals surface area (Å²) in [5.41, 5.74) is 0.00854. The van der Waals surface area contributed by atoms with Crippen LogP contribution in [0.5, 0.6) is 0 Å². The number of aliphatic imine (C=N–C) groups is 1. The average Bonchev–Trinajstić information content (AvgIpc) is 2.61. The van der Waals surface area contributed by atoms with Gasteiger partial charge in [-0.15, -0.1) is 0 Å². The van der Waals surface area contributed by atoms with Gasteiger partial charge in [0.2, 0.25) is 0 Å². The van der Waals surface area contributed by atoms with Crippen LogP contribution in [-0.4, -0.2) is 52.4 Å². The molecular weight excluding hydrogens is 367 g/mol. The van der Waals surface area contributed by atoms with Crippen LogP contribution in [0, 0.1) is 23.1 Å². The number of pyridine rings is 1. The van der Waals surface area contributed by atoms with E-state index in [1.54, 1.807) is 0 Å². The van der Waals surface area contributed by atoms with Gasteiger partial charge in [-0.2, -0.15) is 5.26 Å². The Kier molecular flexibility index (Phi) is 6.73. The van der Waals surface area contributed by atoms with Crippen molar-refractivity contribution in [3.63, 3.8) is 0 Å². The Morgan fingerprint density at radius 2 is 2.30 bits per heavy atom. The molecule has 1 N–H and O–H groups in total. The van der Waals surface area contributed by atoms with E-state index in [2.05, 4.69) is 9.98 Å². The fourth-order valence-corrected chi connectivity index (χ4v) is 3.73. The number of nitriles is 1. The number of aldehydes is 1. The zero-order valence-corrected chi connectivity index (χ0v) is 16.7. The number of hydrogen-bond donors (Lipinski definition) is 1. The van der Waals surface area contributed by atoms with Crippen LogP contribution >= 0.6 is 11.8 Å². The van der Waals surface area contributed by atoms with E-state index in [1.807, 2.05) is 38.8 Å². The number of allylic oxidation sites excluding steroid dienone is 1. The summed E-state index contributed by atoms with van der Waals surface area (Å²) in [5, 5.41) is 19.2. The van der Waals surface area contributed by atoms with Crippen LogP contribution in [-0.2, 0) is 10.2 Å². The number of carbonyl (C=O) groups is 1. The Bertz CT molecular complexity index is 824. The summed E-state index contributed by atoms with van der Waals surface area (Å²) in [5.74, 6) is 0.287. The van der Waals surface area contributed by atoms with E-state index in [-0.39, 0.29) is 29.4 Å². The first-order valence-corrected chi connectivity index (χ1v) is 9.49. The molecule has 1 aromatic heterocycles. The fourth-order valence-electron chi connectivity index (χ4n) is 2.68. The lowest BCUT2D eigenvalue weighted by Crippen LogP contribution is -2.37. The number of aliphatic hydroxyl groups is 1. The normalized spacial score (nSPS) is 20.3. The van der Waals surface area contributed by atoms with Crippen LogP contribution in [0.15, 0.2) is 22.8 Å². The van der Waals surface area contributed by atoms with Crippen molar-refractivity contribution in [3.8, 4) is 6.07 Å². The minimum absolute atomic E-state index is 0.0779. The highest BCUT2D eigenvalue weighted by molar-refractivity contribution is 8.13. The van der Waals surface area contributed by atoms with Gasteiger partial charge in [-0.3, -0.25) is 9.78 Å². The maximum atomic E-state index is 14.6. The third-order valence-corrected chi connectivity index (χ3v) is 5.39. The lowest BCUT2D eigenvalue weighted by molar-refractivity contribution is -0.104. The molecule has 0 radical (unpaired) electrons. The molecule has 1 fully saturated rings. The van der Waals surface area contributed by atoms with Gasteiger partial charge in [0.1, 0.15) is 17.5 Å². The highest BCUT2D eigenvalue weighted by atomic mass is 32.2. The molecule has 1 saturated heterocycles. The second kappa shape index (κ2) is 8.63. The second-order valence-corrected chi connectivity index (χ2v) is 8.42. The smallest absolute Gasteiger partial charge is 0.164 e. The zero-order chi connectivity index (χ0) is 20.2. The molecule has 0 amide bonds. The van der Waals surface area contributed by atoms with E-state index in [0.717, 1.165) is 0 Å². The lowest BCUT2D eigenvalue weighted by Gasteiger charge is -2.31. The van der Waals surface area contributed by atoms with E-state index < -0.39 is 11.2 Å². The van der Waals surface area contributed by atoms with Crippen LogP contribution in [0.1, 0.15) is 32.0 Å². The summed E-state index contributed by atoms with van der Waals surface area (Å²) >= 11 is 1.42. The topological polar surface area (TPSA) is 89.6 Å². The van der Waals surface area contributed by atoms with Crippen molar-refractivity contribution >= 4 is 28.9 Å². The van der Waals surface area contributed by atoms with E-state index in [4.69, 9.17) is 0 Å². The first-order chi connectivity index (χ1) is 12.7. The van der Waals surface area contributed by atoms with E-state index in [1.165, 1.54) is 24.0 Å². The SMILES string of the molecule is CN1CC(CO)CS/C1=N/C(=C(/C#N)C=O)c1cnc(C(C)(C)C)c(F)c1. The number of carbonyl (C=O) groups excluding carboxylic acids is 1. The molecule has 6 nitrogen and oxygen atoms in total. The molecule has 2 heterocycles. The molecule has 0 spiro atoms. The summed E-state index contributed by atoms with van der Waals surface area (Å²) in [6, 6.07) is 3.09. The van der Waals surface area contributed by atoms with Gasteiger partial charge in [-0.05, 0) is 6.07 Å². The molecular formula is C19H23FN4O2S. The Hall–Kier alpha value is -2.24. The Labute approximate surface area is 162 Å². The van der Waals surface area contributed by atoms with Crippen LogP contribution in [0.4, 0.5) is 4.39 Å². The molecule has 1 aliphatic rings. The predicted octanol–water partition coefficient (Wildman–Crippen LogP) is 2.59. The standard InChI is InChI=1S/C19H23FN4O2S/c1-19(2,3)17-15(20)5-13(7-22-17)16(14(6-21)10-26)23-18-24(4)8-12(9-25)11-27-18/h5,7,10,12,25H,8-9,11H2,1-4H3/b16-14-,23-18+. The van der Waals surface area contributed by atoms with E-state index >= 15 is 0 Å². The van der Waals surface area contributed by atoms with E-state index in [9.17, 15) is 19.6 Å². The van der Waals surface area contributed by atoms with Crippen LogP contribution < -0.4 is 0 Å². The van der Waals surface area contributed by atoms with Gasteiger partial charge < -0.3 is 10.0 Å². The van der Waals surface area contributed by atoms with Crippen molar-refractivity contribution < 1.29 is 14.3 Å². The molecule has 1 atom stereocenters. The molecule has 0 bridgehead atoms. The quantitative estimate of drug-likeness (QED) is 0.483. The van der Waals surface area contributed by atoms with E-state index in [0.29, 0.717) is 29.4 Å². The van der Waals surface area contributed by atoms with Gasteiger partial charge in [0.15, 0.2) is 11.5 Å². The lowest BCUT2D eigenvalue weighted by atomic mass is 9.91. The Balaban J connectivity index is 2.51. The average molecular weight is 390 g/mol. The minimum Gasteiger partial charge on any atom is -0.396 e. The van der Waals surface area contributed by atoms with Crippen molar-refractivity contribution in [2.75, 3.05) is 26.0 Å². The molecule has 0 saturated carbocycles. The summed E-state index contributed by atoms with van der Waals surface area (Å²) in [4.78, 5) is 21.9. The molecule has 1 unspecified atom stereocenters. The zero-order valence-electron chi connectivity index (χ0n) is 15.9. The number of aliphatic hydroxyl groups excluding tert-OH is 1. The second-order valence-electron chi connectivity index (χ2n) is 7.43. The van der Waals surface area contributed by atoms with Gasteiger partial charge in [0.05, 0.1) is 11.4 Å². The minimum atomic E-state index is -0.508. The summed E-state index contributed by atoms with van der Waals surface area (Å²) in [6.45, 7) is 6.24. The van der Waals surface area contributed by atoms with Crippen molar-refractivity contribution in [1.82, 2.24) is 9.88 Å². The number of hydrogen-bond acceptors (Lipinski definition) is 6. The maximum Gasteiger partial charge on any atom is 0.164 e. The van der Waals surface area contributed by atoms with Gasteiger partial charge in [0.25, 0.3) is 0 Å². The van der Waals surface area contributed by atoms with Crippen molar-refractivity contribution in [1.29, 1.82) is 5.26 Å². The number of halogens is 1.